The van der Waals surface area contributed by atoms with Crippen LogP contribution in [0, 0.1) is 5.82 Å². The smallest absolute Gasteiger partial charge is 0.259 e. The number of carbonyl (C=O) groups excluding carboxylic acids is 1. The lowest BCUT2D eigenvalue weighted by molar-refractivity contribution is -0.130. The van der Waals surface area contributed by atoms with Gasteiger partial charge in [-0.05, 0) is 47.2 Å². The van der Waals surface area contributed by atoms with Crippen LogP contribution in [0.3, 0.4) is 0 Å². The summed E-state index contributed by atoms with van der Waals surface area (Å²) in [5, 5.41) is 10.4. The van der Waals surface area contributed by atoms with Crippen molar-refractivity contribution in [3.05, 3.63) is 57.4 Å². The summed E-state index contributed by atoms with van der Waals surface area (Å²) in [5.74, 6) is -0.205. The van der Waals surface area contributed by atoms with E-state index in [1.54, 1.807) is 26.2 Å². The molecule has 1 N–H and O–H groups in total. The van der Waals surface area contributed by atoms with Crippen LogP contribution in [0.5, 0.6) is 11.5 Å². The Bertz CT molecular complexity index is 865. The first-order valence-corrected chi connectivity index (χ1v) is 9.67. The van der Waals surface area contributed by atoms with Crippen LogP contribution in [0.1, 0.15) is 48.9 Å². The Kier molecular flexibility index (Phi) is 7.30. The van der Waals surface area contributed by atoms with Crippen LogP contribution >= 0.6 is 11.6 Å². The molecule has 0 unspecified atom stereocenters. The van der Waals surface area contributed by atoms with Crippen LogP contribution < -0.4 is 4.74 Å². The molecule has 0 saturated heterocycles. The van der Waals surface area contributed by atoms with Gasteiger partial charge in [-0.3, -0.25) is 4.79 Å². The van der Waals surface area contributed by atoms with Gasteiger partial charge in [0.1, 0.15) is 17.3 Å². The molecule has 6 heteroatoms. The molecule has 0 radical (unpaired) electrons. The molecule has 0 bridgehead atoms. The summed E-state index contributed by atoms with van der Waals surface area (Å²) in [5.41, 5.74) is 2.54. The number of aryl methyl sites for hydroxylation is 1. The van der Waals surface area contributed by atoms with Gasteiger partial charge in [0, 0.05) is 31.1 Å². The topological polar surface area (TPSA) is 49.8 Å². The van der Waals surface area contributed by atoms with E-state index in [-0.39, 0.29) is 24.2 Å². The van der Waals surface area contributed by atoms with E-state index in [0.29, 0.717) is 34.7 Å². The van der Waals surface area contributed by atoms with Crippen molar-refractivity contribution in [1.29, 1.82) is 0 Å². The molecule has 1 amide bonds. The van der Waals surface area contributed by atoms with Gasteiger partial charge in [0.25, 0.3) is 5.91 Å². The number of phenolic OH excluding ortho intramolecular Hbond substituents is 1. The monoisotopic (exact) mass is 407 g/mol. The second kappa shape index (κ2) is 9.28. The van der Waals surface area contributed by atoms with Crippen LogP contribution in [0.2, 0.25) is 5.02 Å². The molecule has 0 atom stereocenters. The third kappa shape index (κ3) is 4.96. The summed E-state index contributed by atoms with van der Waals surface area (Å²) in [6, 6.07) is 6.61. The highest BCUT2D eigenvalue weighted by Crippen LogP contribution is 2.34. The van der Waals surface area contributed by atoms with Crippen molar-refractivity contribution in [2.45, 2.75) is 39.5 Å². The lowest BCUT2D eigenvalue weighted by atomic mass is 9.93. The summed E-state index contributed by atoms with van der Waals surface area (Å²) in [7, 11) is 3.33. The molecular formula is C22H27ClFNO3. The van der Waals surface area contributed by atoms with Crippen molar-refractivity contribution in [1.82, 2.24) is 4.90 Å². The van der Waals surface area contributed by atoms with Crippen LogP contribution in [-0.4, -0.2) is 36.6 Å². The zero-order chi connectivity index (χ0) is 21.0. The predicted octanol–water partition coefficient (Wildman–Crippen LogP) is 4.93. The molecule has 4 nitrogen and oxygen atoms in total. The minimum Gasteiger partial charge on any atom is -0.508 e. The number of ether oxygens (including phenoxy) is 1. The van der Waals surface area contributed by atoms with Crippen LogP contribution in [-0.2, 0) is 17.6 Å². The minimum absolute atomic E-state index is 0.0348. The summed E-state index contributed by atoms with van der Waals surface area (Å²) in [6.45, 7) is 5.59. The van der Waals surface area contributed by atoms with E-state index >= 15 is 0 Å². The number of carbonyl (C=O) groups is 1. The maximum atomic E-state index is 14.9. The van der Waals surface area contributed by atoms with Gasteiger partial charge >= 0.3 is 0 Å². The molecule has 152 valence electrons. The number of halogens is 2. The van der Waals surface area contributed by atoms with Crippen molar-refractivity contribution in [2.75, 3.05) is 20.7 Å². The molecule has 2 rings (SSSR count). The van der Waals surface area contributed by atoms with Gasteiger partial charge in [-0.15, -0.1) is 0 Å². The molecule has 2 aromatic carbocycles. The number of rotatable bonds is 7. The number of benzene rings is 2. The summed E-state index contributed by atoms with van der Waals surface area (Å²) >= 11 is 6.48. The van der Waals surface area contributed by atoms with E-state index in [9.17, 15) is 14.3 Å². The fraction of sp³-hybridized carbons (Fsp3) is 0.409. The lowest BCUT2D eigenvalue weighted by Gasteiger charge is -2.17. The Hall–Kier alpha value is -2.27. The van der Waals surface area contributed by atoms with E-state index in [2.05, 4.69) is 0 Å². The van der Waals surface area contributed by atoms with Gasteiger partial charge < -0.3 is 14.7 Å². The van der Waals surface area contributed by atoms with Gasteiger partial charge in [0.05, 0.1) is 0 Å². The molecular weight excluding hydrogens is 381 g/mol. The molecule has 0 spiro atoms. The number of hydrogen-bond donors (Lipinski definition) is 1. The first kappa shape index (κ1) is 22.0. The van der Waals surface area contributed by atoms with Crippen molar-refractivity contribution in [3.63, 3.8) is 0 Å². The maximum Gasteiger partial charge on any atom is 0.259 e. The Morgan fingerprint density at radius 1 is 1.25 bits per heavy atom. The lowest BCUT2D eigenvalue weighted by Crippen LogP contribution is -2.27. The van der Waals surface area contributed by atoms with Crippen molar-refractivity contribution in [2.24, 2.45) is 0 Å². The Balaban J connectivity index is 2.34. The first-order valence-electron chi connectivity index (χ1n) is 9.30. The SMILES string of the molecule is CCc1cc(OCC(=O)N(C)C)cc(Cl)c1Cc1ccc(O)c(C(C)C)c1F. The molecule has 2 aromatic rings. The largest absolute Gasteiger partial charge is 0.508 e. The van der Waals surface area contributed by atoms with Crippen LogP contribution in [0.15, 0.2) is 24.3 Å². The average Bonchev–Trinajstić information content (AvgIpc) is 2.62. The van der Waals surface area contributed by atoms with Crippen molar-refractivity contribution >= 4 is 17.5 Å². The zero-order valence-electron chi connectivity index (χ0n) is 17.0. The predicted molar refractivity (Wildman–Crippen MR) is 110 cm³/mol. The fourth-order valence-corrected chi connectivity index (χ4v) is 3.34. The molecule has 0 saturated carbocycles. The normalized spacial score (nSPS) is 11.0. The van der Waals surface area contributed by atoms with Crippen molar-refractivity contribution in [3.8, 4) is 11.5 Å². The summed E-state index contributed by atoms with van der Waals surface area (Å²) < 4.78 is 20.5. The van der Waals surface area contributed by atoms with Gasteiger partial charge in [-0.25, -0.2) is 4.39 Å². The second-order valence-corrected chi connectivity index (χ2v) is 7.68. The number of hydrogen-bond acceptors (Lipinski definition) is 3. The molecule has 28 heavy (non-hydrogen) atoms. The maximum absolute atomic E-state index is 14.9. The van der Waals surface area contributed by atoms with Gasteiger partial charge in [-0.1, -0.05) is 38.4 Å². The average molecular weight is 408 g/mol. The van der Waals surface area contributed by atoms with E-state index < -0.39 is 5.82 Å². The standard InChI is InChI=1S/C22H27ClFNO3/c1-6-14-9-16(28-12-20(27)25(4)5)11-18(23)17(14)10-15-7-8-19(26)21(13(2)3)22(15)24/h7-9,11,13,26H,6,10,12H2,1-5H3. The van der Waals surface area contributed by atoms with Gasteiger partial charge in [-0.2, -0.15) is 0 Å². The molecule has 0 aromatic heterocycles. The van der Waals surface area contributed by atoms with E-state index in [1.807, 2.05) is 26.8 Å². The second-order valence-electron chi connectivity index (χ2n) is 7.28. The number of likely N-dealkylation sites (N-methyl/N-ethyl adjacent to an activating group) is 1. The van der Waals surface area contributed by atoms with Gasteiger partial charge in [0.15, 0.2) is 6.61 Å². The Labute approximate surface area is 170 Å². The number of nitrogens with zero attached hydrogens (tertiary/aromatic N) is 1. The summed E-state index contributed by atoms with van der Waals surface area (Å²) in [4.78, 5) is 13.2. The highest BCUT2D eigenvalue weighted by atomic mass is 35.5. The fourth-order valence-electron chi connectivity index (χ4n) is 3.04. The Morgan fingerprint density at radius 2 is 1.93 bits per heavy atom. The third-order valence-electron chi connectivity index (χ3n) is 4.68. The van der Waals surface area contributed by atoms with E-state index in [4.69, 9.17) is 16.3 Å². The Morgan fingerprint density at radius 3 is 2.50 bits per heavy atom. The molecule has 0 fully saturated rings. The highest BCUT2D eigenvalue weighted by Gasteiger charge is 2.19. The summed E-state index contributed by atoms with van der Waals surface area (Å²) in [6.07, 6.45) is 0.995. The number of aromatic hydroxyl groups is 1. The van der Waals surface area contributed by atoms with Crippen LogP contribution in [0.25, 0.3) is 0 Å². The van der Waals surface area contributed by atoms with E-state index in [1.165, 1.54) is 11.0 Å². The quantitative estimate of drug-likeness (QED) is 0.708. The highest BCUT2D eigenvalue weighted by molar-refractivity contribution is 6.31. The third-order valence-corrected chi connectivity index (χ3v) is 5.02. The number of amides is 1. The van der Waals surface area contributed by atoms with Gasteiger partial charge in [0.2, 0.25) is 0 Å². The zero-order valence-corrected chi connectivity index (χ0v) is 17.7. The molecule has 0 aliphatic carbocycles. The molecule has 0 aliphatic rings. The molecule has 0 heterocycles. The number of phenols is 1. The minimum atomic E-state index is -0.398. The van der Waals surface area contributed by atoms with Crippen LogP contribution in [0.4, 0.5) is 4.39 Å². The first-order chi connectivity index (χ1) is 13.1. The molecule has 0 aliphatic heterocycles. The van der Waals surface area contributed by atoms with Crippen molar-refractivity contribution < 1.29 is 19.0 Å². The van der Waals surface area contributed by atoms with E-state index in [0.717, 1.165) is 11.1 Å².